The Kier molecular flexibility index (Phi) is 6.74. The Hall–Kier alpha value is -5.16. The second-order valence-corrected chi connectivity index (χ2v) is 8.47. The third kappa shape index (κ3) is 5.04. The van der Waals surface area contributed by atoms with Gasteiger partial charge in [0.1, 0.15) is 47.1 Å². The third-order valence-electron chi connectivity index (χ3n) is 6.05. The van der Waals surface area contributed by atoms with Crippen LogP contribution in [0.15, 0.2) is 102 Å². The van der Waals surface area contributed by atoms with Gasteiger partial charge in [-0.3, -0.25) is 0 Å². The average Bonchev–Trinajstić information content (AvgIpc) is 2.92. The number of carbonyl (C=O) groups is 1. The lowest BCUT2D eigenvalue weighted by Gasteiger charge is -2.26. The van der Waals surface area contributed by atoms with Crippen molar-refractivity contribution in [3.63, 3.8) is 0 Å². The Bertz CT molecular complexity index is 1580. The lowest BCUT2D eigenvalue weighted by Crippen LogP contribution is -2.21. The summed E-state index contributed by atoms with van der Waals surface area (Å²) in [5.74, 6) is -1.01. The summed E-state index contributed by atoms with van der Waals surface area (Å²) in [7, 11) is 0. The maximum atomic E-state index is 13.9. The molecule has 38 heavy (non-hydrogen) atoms. The number of halogens is 2. The van der Waals surface area contributed by atoms with Gasteiger partial charge in [0.25, 0.3) is 0 Å². The SMILES string of the molecule is N#CC1=C(N)Oc2cc(OC(=O)c3ccc(F)cc3)ccc2C1c1ccc(OCc2ccccc2F)cc1. The fraction of sp³-hybridized carbons (Fsp3) is 0.0667. The lowest BCUT2D eigenvalue weighted by molar-refractivity contribution is 0.0734. The Morgan fingerprint density at radius 2 is 1.66 bits per heavy atom. The molecule has 188 valence electrons. The van der Waals surface area contributed by atoms with Crippen molar-refractivity contribution in [1.29, 1.82) is 5.26 Å². The number of benzene rings is 4. The summed E-state index contributed by atoms with van der Waals surface area (Å²) in [4.78, 5) is 12.4. The molecule has 1 unspecified atom stereocenters. The summed E-state index contributed by atoms with van der Waals surface area (Å²) in [6.07, 6.45) is 0. The van der Waals surface area contributed by atoms with Gasteiger partial charge >= 0.3 is 5.97 Å². The summed E-state index contributed by atoms with van der Waals surface area (Å²) >= 11 is 0. The smallest absolute Gasteiger partial charge is 0.343 e. The lowest BCUT2D eigenvalue weighted by atomic mass is 9.83. The summed E-state index contributed by atoms with van der Waals surface area (Å²) in [5.41, 5.74) is 8.33. The number of carbonyl (C=O) groups excluding carboxylic acids is 1. The maximum absolute atomic E-state index is 13.9. The van der Waals surface area contributed by atoms with Crippen LogP contribution in [0.2, 0.25) is 0 Å². The number of hydrogen-bond donors (Lipinski definition) is 1. The van der Waals surface area contributed by atoms with Crippen molar-refractivity contribution < 1.29 is 27.8 Å². The standard InChI is InChI=1S/C30H20F2N2O4/c31-21-9-5-19(6-10-21)30(35)37-23-13-14-24-27(15-23)38-29(34)25(16-33)28(24)18-7-11-22(12-8-18)36-17-20-3-1-2-4-26(20)32/h1-15,28H,17,34H2. The van der Waals surface area contributed by atoms with Crippen LogP contribution in [0.5, 0.6) is 17.2 Å². The molecule has 2 N–H and O–H groups in total. The molecule has 1 atom stereocenters. The van der Waals surface area contributed by atoms with Crippen molar-refractivity contribution >= 4 is 5.97 Å². The zero-order valence-corrected chi connectivity index (χ0v) is 19.9. The molecule has 8 heteroatoms. The predicted molar refractivity (Wildman–Crippen MR) is 134 cm³/mol. The predicted octanol–water partition coefficient (Wildman–Crippen LogP) is 5.98. The minimum Gasteiger partial charge on any atom is -0.489 e. The molecule has 6 nitrogen and oxygen atoms in total. The first-order chi connectivity index (χ1) is 18.4. The van der Waals surface area contributed by atoms with E-state index in [1.807, 2.05) is 0 Å². The molecule has 0 bridgehead atoms. The quantitative estimate of drug-likeness (QED) is 0.253. The summed E-state index contributed by atoms with van der Waals surface area (Å²) in [6.45, 7) is 0.0713. The van der Waals surface area contributed by atoms with Gasteiger partial charge < -0.3 is 19.9 Å². The van der Waals surface area contributed by atoms with Gasteiger partial charge in [0.05, 0.1) is 11.5 Å². The fourth-order valence-electron chi connectivity index (χ4n) is 4.13. The summed E-state index contributed by atoms with van der Waals surface area (Å²) < 4.78 is 43.9. The second kappa shape index (κ2) is 10.4. The van der Waals surface area contributed by atoms with Crippen molar-refractivity contribution in [1.82, 2.24) is 0 Å². The molecule has 1 aliphatic heterocycles. The van der Waals surface area contributed by atoms with Crippen LogP contribution in [0.3, 0.4) is 0 Å². The molecule has 0 fully saturated rings. The van der Waals surface area contributed by atoms with Crippen LogP contribution >= 0.6 is 0 Å². The van der Waals surface area contributed by atoms with Crippen LogP contribution in [-0.4, -0.2) is 5.97 Å². The maximum Gasteiger partial charge on any atom is 0.343 e. The molecular weight excluding hydrogens is 490 g/mol. The van der Waals surface area contributed by atoms with E-state index in [4.69, 9.17) is 19.9 Å². The highest BCUT2D eigenvalue weighted by molar-refractivity contribution is 5.91. The molecule has 5 rings (SSSR count). The van der Waals surface area contributed by atoms with E-state index < -0.39 is 17.7 Å². The van der Waals surface area contributed by atoms with Crippen molar-refractivity contribution in [3.8, 4) is 23.3 Å². The van der Waals surface area contributed by atoms with Gasteiger partial charge in [-0.1, -0.05) is 36.4 Å². The van der Waals surface area contributed by atoms with Crippen LogP contribution in [-0.2, 0) is 6.61 Å². The highest BCUT2D eigenvalue weighted by Crippen LogP contribution is 2.43. The minimum absolute atomic E-state index is 0.0631. The van der Waals surface area contributed by atoms with E-state index in [1.54, 1.807) is 54.6 Å². The van der Waals surface area contributed by atoms with Gasteiger partial charge in [-0.25, -0.2) is 13.6 Å². The number of nitrogens with zero attached hydrogens (tertiary/aromatic N) is 1. The molecule has 1 aliphatic rings. The first-order valence-corrected chi connectivity index (χ1v) is 11.6. The highest BCUT2D eigenvalue weighted by Gasteiger charge is 2.31. The van der Waals surface area contributed by atoms with Crippen molar-refractivity contribution in [3.05, 3.63) is 136 Å². The zero-order chi connectivity index (χ0) is 26.6. The average molecular weight is 510 g/mol. The first-order valence-electron chi connectivity index (χ1n) is 11.6. The molecule has 0 saturated carbocycles. The van der Waals surface area contributed by atoms with Gasteiger partial charge in [-0.2, -0.15) is 5.26 Å². The number of allylic oxidation sites excluding steroid dienone is 1. The van der Waals surface area contributed by atoms with E-state index in [2.05, 4.69) is 6.07 Å². The first kappa shape index (κ1) is 24.5. The van der Waals surface area contributed by atoms with E-state index in [1.165, 1.54) is 36.4 Å². The number of hydrogen-bond acceptors (Lipinski definition) is 6. The Morgan fingerprint density at radius 3 is 2.37 bits per heavy atom. The van der Waals surface area contributed by atoms with Gasteiger partial charge in [-0.15, -0.1) is 0 Å². The topological polar surface area (TPSA) is 94.6 Å². The molecule has 0 aliphatic carbocycles. The summed E-state index contributed by atoms with van der Waals surface area (Å²) in [6, 6.07) is 25.3. The Labute approximate surface area is 217 Å². The zero-order valence-electron chi connectivity index (χ0n) is 19.9. The number of fused-ring (bicyclic) bond motifs is 1. The number of rotatable bonds is 6. The molecular formula is C30H20F2N2O4. The highest BCUT2D eigenvalue weighted by atomic mass is 19.1. The summed E-state index contributed by atoms with van der Waals surface area (Å²) in [5, 5.41) is 9.80. The van der Waals surface area contributed by atoms with E-state index in [9.17, 15) is 18.8 Å². The van der Waals surface area contributed by atoms with Crippen LogP contribution in [0, 0.1) is 23.0 Å². The van der Waals surface area contributed by atoms with Crippen LogP contribution in [0.25, 0.3) is 0 Å². The Morgan fingerprint density at radius 1 is 0.947 bits per heavy atom. The number of ether oxygens (including phenoxy) is 3. The minimum atomic E-state index is -0.662. The number of esters is 1. The van der Waals surface area contributed by atoms with Crippen molar-refractivity contribution in [2.24, 2.45) is 5.73 Å². The van der Waals surface area contributed by atoms with E-state index in [0.29, 0.717) is 22.6 Å². The normalized spacial score (nSPS) is 14.2. The van der Waals surface area contributed by atoms with Crippen LogP contribution in [0.4, 0.5) is 8.78 Å². The molecule has 0 saturated heterocycles. The Balaban J connectivity index is 1.38. The molecule has 0 amide bonds. The molecule has 0 radical (unpaired) electrons. The van der Waals surface area contributed by atoms with Gasteiger partial charge in [0.2, 0.25) is 5.88 Å². The van der Waals surface area contributed by atoms with Gasteiger partial charge in [0, 0.05) is 17.2 Å². The van der Waals surface area contributed by atoms with Gasteiger partial charge in [-0.05, 0) is 54.1 Å². The van der Waals surface area contributed by atoms with Crippen LogP contribution < -0.4 is 19.9 Å². The van der Waals surface area contributed by atoms with E-state index in [-0.39, 0.29) is 35.2 Å². The molecule has 4 aromatic carbocycles. The second-order valence-electron chi connectivity index (χ2n) is 8.47. The van der Waals surface area contributed by atoms with E-state index in [0.717, 1.165) is 5.56 Å². The third-order valence-corrected chi connectivity index (χ3v) is 6.05. The molecule has 0 aromatic heterocycles. The molecule has 0 spiro atoms. The largest absolute Gasteiger partial charge is 0.489 e. The van der Waals surface area contributed by atoms with Crippen molar-refractivity contribution in [2.75, 3.05) is 0 Å². The van der Waals surface area contributed by atoms with Crippen LogP contribution in [0.1, 0.15) is 33.0 Å². The number of nitriles is 1. The number of nitrogens with two attached hydrogens (primary N) is 1. The monoisotopic (exact) mass is 510 g/mol. The van der Waals surface area contributed by atoms with E-state index >= 15 is 0 Å². The fourth-order valence-corrected chi connectivity index (χ4v) is 4.13. The molecule has 1 heterocycles. The van der Waals surface area contributed by atoms with Gasteiger partial charge in [0.15, 0.2) is 0 Å². The van der Waals surface area contributed by atoms with Crippen molar-refractivity contribution in [2.45, 2.75) is 12.5 Å². The molecule has 4 aromatic rings.